The van der Waals surface area contributed by atoms with Crippen LogP contribution in [-0.4, -0.2) is 47.7 Å². The second kappa shape index (κ2) is 6.36. The molecular weight excluding hydrogens is 242 g/mol. The molecule has 3 atom stereocenters. The molecule has 1 saturated heterocycles. The van der Waals surface area contributed by atoms with Crippen LogP contribution in [0.15, 0.2) is 0 Å². The molecule has 5 heteroatoms. The summed E-state index contributed by atoms with van der Waals surface area (Å²) in [7, 11) is 0. The average Bonchev–Trinajstić information content (AvgIpc) is 2.27. The summed E-state index contributed by atoms with van der Waals surface area (Å²) in [6.07, 6.45) is 0.344. The van der Waals surface area contributed by atoms with Gasteiger partial charge >= 0.3 is 0 Å². The number of nitriles is 1. The highest BCUT2D eigenvalue weighted by Gasteiger charge is 2.32. The van der Waals surface area contributed by atoms with E-state index in [0.717, 1.165) is 6.42 Å². The molecule has 3 unspecified atom stereocenters. The van der Waals surface area contributed by atoms with Crippen LogP contribution in [0.2, 0.25) is 0 Å². The summed E-state index contributed by atoms with van der Waals surface area (Å²) < 4.78 is 0. The number of piperidine rings is 1. The maximum Gasteiger partial charge on any atom is 0.225 e. The summed E-state index contributed by atoms with van der Waals surface area (Å²) in [6.45, 7) is 9.14. The van der Waals surface area contributed by atoms with E-state index in [1.165, 1.54) is 0 Å². The van der Waals surface area contributed by atoms with Crippen LogP contribution in [0.1, 0.15) is 34.1 Å². The van der Waals surface area contributed by atoms with E-state index in [1.807, 2.05) is 25.7 Å². The number of hydrogen-bond donors (Lipinski definition) is 2. The SMILES string of the molecule is CC(O)C1CC(NC(=O)C(C)(C)C)CN(CC#N)C1. The minimum Gasteiger partial charge on any atom is -0.393 e. The van der Waals surface area contributed by atoms with E-state index in [-0.39, 0.29) is 17.9 Å². The monoisotopic (exact) mass is 267 g/mol. The first-order valence-electron chi connectivity index (χ1n) is 6.82. The van der Waals surface area contributed by atoms with Gasteiger partial charge < -0.3 is 10.4 Å². The van der Waals surface area contributed by atoms with Crippen LogP contribution in [0.4, 0.5) is 0 Å². The van der Waals surface area contributed by atoms with E-state index in [9.17, 15) is 9.90 Å². The van der Waals surface area contributed by atoms with Crippen molar-refractivity contribution in [2.45, 2.75) is 46.3 Å². The number of nitrogens with one attached hydrogen (secondary N) is 1. The zero-order chi connectivity index (χ0) is 14.6. The molecule has 0 aromatic heterocycles. The second-order valence-corrected chi connectivity index (χ2v) is 6.51. The van der Waals surface area contributed by atoms with Gasteiger partial charge in [-0.2, -0.15) is 5.26 Å². The van der Waals surface area contributed by atoms with Crippen molar-refractivity contribution < 1.29 is 9.90 Å². The molecular formula is C14H25N3O2. The number of likely N-dealkylation sites (tertiary alicyclic amines) is 1. The lowest BCUT2D eigenvalue weighted by atomic mass is 9.88. The molecule has 0 bridgehead atoms. The van der Waals surface area contributed by atoms with Crippen LogP contribution in [0.25, 0.3) is 0 Å². The molecule has 0 aliphatic carbocycles. The first kappa shape index (κ1) is 15.9. The van der Waals surface area contributed by atoms with Crippen molar-refractivity contribution in [1.29, 1.82) is 5.26 Å². The number of carbonyl (C=O) groups is 1. The maximum absolute atomic E-state index is 12.0. The number of hydrogen-bond acceptors (Lipinski definition) is 4. The van der Waals surface area contributed by atoms with Crippen molar-refractivity contribution in [3.63, 3.8) is 0 Å². The van der Waals surface area contributed by atoms with E-state index >= 15 is 0 Å². The maximum atomic E-state index is 12.0. The van der Waals surface area contributed by atoms with Crippen molar-refractivity contribution in [2.75, 3.05) is 19.6 Å². The van der Waals surface area contributed by atoms with Gasteiger partial charge in [0.05, 0.1) is 18.7 Å². The topological polar surface area (TPSA) is 76.4 Å². The van der Waals surface area contributed by atoms with Crippen molar-refractivity contribution in [3.8, 4) is 6.07 Å². The summed E-state index contributed by atoms with van der Waals surface area (Å²) in [4.78, 5) is 14.0. The fourth-order valence-corrected chi connectivity index (χ4v) is 2.32. The van der Waals surface area contributed by atoms with Gasteiger partial charge in [-0.15, -0.1) is 0 Å². The Morgan fingerprint density at radius 3 is 2.63 bits per heavy atom. The van der Waals surface area contributed by atoms with E-state index in [0.29, 0.717) is 19.6 Å². The number of carbonyl (C=O) groups excluding carboxylic acids is 1. The lowest BCUT2D eigenvalue weighted by molar-refractivity contribution is -0.130. The van der Waals surface area contributed by atoms with Crippen molar-refractivity contribution in [1.82, 2.24) is 10.2 Å². The molecule has 0 spiro atoms. The summed E-state index contributed by atoms with van der Waals surface area (Å²) in [5.41, 5.74) is -0.419. The molecule has 19 heavy (non-hydrogen) atoms. The van der Waals surface area contributed by atoms with Crippen LogP contribution in [0, 0.1) is 22.7 Å². The van der Waals surface area contributed by atoms with Crippen molar-refractivity contribution in [3.05, 3.63) is 0 Å². The summed E-state index contributed by atoms with van der Waals surface area (Å²) in [5.74, 6) is 0.119. The molecule has 0 aromatic rings. The number of aliphatic hydroxyl groups is 1. The van der Waals surface area contributed by atoms with Crippen LogP contribution < -0.4 is 5.32 Å². The molecule has 1 aliphatic rings. The highest BCUT2D eigenvalue weighted by Crippen LogP contribution is 2.21. The van der Waals surface area contributed by atoms with Gasteiger partial charge in [0, 0.05) is 24.5 Å². The Kier molecular flexibility index (Phi) is 5.33. The molecule has 108 valence electrons. The van der Waals surface area contributed by atoms with E-state index < -0.39 is 11.5 Å². The van der Waals surface area contributed by atoms with Gasteiger partial charge in [-0.1, -0.05) is 20.8 Å². The first-order valence-corrected chi connectivity index (χ1v) is 6.82. The molecule has 1 rings (SSSR count). The first-order chi connectivity index (χ1) is 8.74. The Balaban J connectivity index is 2.66. The second-order valence-electron chi connectivity index (χ2n) is 6.51. The Morgan fingerprint density at radius 1 is 1.53 bits per heavy atom. The predicted molar refractivity (Wildman–Crippen MR) is 73.2 cm³/mol. The molecule has 1 aliphatic heterocycles. The largest absolute Gasteiger partial charge is 0.393 e. The summed E-state index contributed by atoms with van der Waals surface area (Å²) in [6, 6.07) is 2.14. The Labute approximate surface area is 115 Å². The van der Waals surface area contributed by atoms with Gasteiger partial charge in [0.25, 0.3) is 0 Å². The average molecular weight is 267 g/mol. The van der Waals surface area contributed by atoms with Crippen molar-refractivity contribution >= 4 is 5.91 Å². The van der Waals surface area contributed by atoms with E-state index in [2.05, 4.69) is 11.4 Å². The fraction of sp³-hybridized carbons (Fsp3) is 0.857. The number of amides is 1. The lowest BCUT2D eigenvalue weighted by Crippen LogP contribution is -2.54. The molecule has 5 nitrogen and oxygen atoms in total. The molecule has 1 heterocycles. The number of rotatable bonds is 3. The quantitative estimate of drug-likeness (QED) is 0.740. The fourth-order valence-electron chi connectivity index (χ4n) is 2.32. The Bertz CT molecular complexity index is 355. The van der Waals surface area contributed by atoms with Gasteiger partial charge in [0.15, 0.2) is 0 Å². The minimum absolute atomic E-state index is 0.00780. The third-order valence-electron chi connectivity index (χ3n) is 3.55. The van der Waals surface area contributed by atoms with Crippen LogP contribution >= 0.6 is 0 Å². The highest BCUT2D eigenvalue weighted by molar-refractivity contribution is 5.81. The Hall–Kier alpha value is -1.12. The molecule has 2 N–H and O–H groups in total. The minimum atomic E-state index is -0.421. The van der Waals surface area contributed by atoms with Gasteiger partial charge in [-0.05, 0) is 19.3 Å². The van der Waals surface area contributed by atoms with Crippen LogP contribution in [-0.2, 0) is 4.79 Å². The third kappa shape index (κ3) is 4.81. The zero-order valence-electron chi connectivity index (χ0n) is 12.3. The van der Waals surface area contributed by atoms with Gasteiger partial charge in [-0.25, -0.2) is 0 Å². The van der Waals surface area contributed by atoms with Crippen LogP contribution in [0.3, 0.4) is 0 Å². The summed E-state index contributed by atoms with van der Waals surface area (Å²) in [5, 5.41) is 21.6. The molecule has 0 saturated carbocycles. The number of aliphatic hydroxyl groups excluding tert-OH is 1. The van der Waals surface area contributed by atoms with Gasteiger partial charge in [-0.3, -0.25) is 9.69 Å². The predicted octanol–water partition coefficient (Wildman–Crippen LogP) is 0.744. The normalized spacial score (nSPS) is 26.5. The third-order valence-corrected chi connectivity index (χ3v) is 3.55. The molecule has 0 radical (unpaired) electrons. The molecule has 1 fully saturated rings. The van der Waals surface area contributed by atoms with Crippen molar-refractivity contribution in [2.24, 2.45) is 11.3 Å². The summed E-state index contributed by atoms with van der Waals surface area (Å²) >= 11 is 0. The lowest BCUT2D eigenvalue weighted by Gasteiger charge is -2.39. The molecule has 1 amide bonds. The van der Waals surface area contributed by atoms with Gasteiger partial charge in [0.2, 0.25) is 5.91 Å². The highest BCUT2D eigenvalue weighted by atomic mass is 16.3. The zero-order valence-corrected chi connectivity index (χ0v) is 12.3. The number of nitrogens with zero attached hydrogens (tertiary/aromatic N) is 2. The van der Waals surface area contributed by atoms with Gasteiger partial charge in [0.1, 0.15) is 0 Å². The van der Waals surface area contributed by atoms with E-state index in [1.54, 1.807) is 6.92 Å². The standard InChI is InChI=1S/C14H25N3O2/c1-10(18)11-7-12(9-17(8-11)6-5-15)16-13(19)14(2,3)4/h10-12,18H,6-9H2,1-4H3,(H,16,19). The van der Waals surface area contributed by atoms with E-state index in [4.69, 9.17) is 5.26 Å². The Morgan fingerprint density at radius 2 is 2.16 bits per heavy atom. The van der Waals surface area contributed by atoms with Crippen LogP contribution in [0.5, 0.6) is 0 Å². The smallest absolute Gasteiger partial charge is 0.225 e. The molecule has 0 aromatic carbocycles.